The van der Waals surface area contributed by atoms with Crippen molar-refractivity contribution >= 4 is 11.9 Å². The maximum Gasteiger partial charge on any atom is 0.242 e. The lowest BCUT2D eigenvalue weighted by atomic mass is 10.2. The largest absolute Gasteiger partial charge is 0.357 e. The van der Waals surface area contributed by atoms with E-state index in [1.807, 2.05) is 6.92 Å². The highest BCUT2D eigenvalue weighted by Gasteiger charge is 2.22. The zero-order valence-corrected chi connectivity index (χ0v) is 10.9. The summed E-state index contributed by atoms with van der Waals surface area (Å²) in [6.45, 7) is 3.02. The highest BCUT2D eigenvalue weighted by Crippen LogP contribution is 2.18. The molecule has 3 N–H and O–H groups in total. The van der Waals surface area contributed by atoms with E-state index in [4.69, 9.17) is 0 Å². The van der Waals surface area contributed by atoms with Crippen molar-refractivity contribution in [2.75, 3.05) is 13.1 Å². The van der Waals surface area contributed by atoms with Gasteiger partial charge in [0.2, 0.25) is 5.91 Å². The van der Waals surface area contributed by atoms with E-state index in [1.165, 1.54) is 0 Å². The van der Waals surface area contributed by atoms with Gasteiger partial charge in [0.05, 0.1) is 0 Å². The lowest BCUT2D eigenvalue weighted by Gasteiger charge is -2.16. The van der Waals surface area contributed by atoms with Crippen molar-refractivity contribution < 1.29 is 4.79 Å². The summed E-state index contributed by atoms with van der Waals surface area (Å²) in [5, 5.41) is 9.43. The Bertz CT molecular complexity index is 339. The molecule has 0 bridgehead atoms. The van der Waals surface area contributed by atoms with E-state index in [0.717, 1.165) is 38.2 Å². The molecule has 2 rings (SSSR count). The molecule has 1 amide bonds. The van der Waals surface area contributed by atoms with Crippen LogP contribution in [0.15, 0.2) is 17.1 Å². The quantitative estimate of drug-likeness (QED) is 0.379. The summed E-state index contributed by atoms with van der Waals surface area (Å²) < 4.78 is 0. The first kappa shape index (κ1) is 12.9. The second-order valence-corrected chi connectivity index (χ2v) is 4.82. The molecule has 5 nitrogen and oxygen atoms in total. The topological polar surface area (TPSA) is 65.5 Å². The SMILES string of the molecule is CCNC(=NCC(=O)NC1CC1)NC1CC=CC1. The maximum absolute atomic E-state index is 11.6. The van der Waals surface area contributed by atoms with E-state index in [2.05, 4.69) is 33.1 Å². The zero-order chi connectivity index (χ0) is 12.8. The highest BCUT2D eigenvalue weighted by atomic mass is 16.2. The summed E-state index contributed by atoms with van der Waals surface area (Å²) >= 11 is 0. The summed E-state index contributed by atoms with van der Waals surface area (Å²) in [6.07, 6.45) is 8.61. The van der Waals surface area contributed by atoms with Gasteiger partial charge in [0.15, 0.2) is 5.96 Å². The Kier molecular flexibility index (Phi) is 4.61. The van der Waals surface area contributed by atoms with Gasteiger partial charge >= 0.3 is 0 Å². The van der Waals surface area contributed by atoms with Crippen LogP contribution in [-0.2, 0) is 4.79 Å². The van der Waals surface area contributed by atoms with Crippen LogP contribution in [0.2, 0.25) is 0 Å². The van der Waals surface area contributed by atoms with Gasteiger partial charge in [0, 0.05) is 18.6 Å². The van der Waals surface area contributed by atoms with E-state index in [0.29, 0.717) is 12.1 Å². The van der Waals surface area contributed by atoms with Gasteiger partial charge in [-0.15, -0.1) is 0 Å². The predicted molar refractivity (Wildman–Crippen MR) is 72.4 cm³/mol. The van der Waals surface area contributed by atoms with E-state index in [-0.39, 0.29) is 12.5 Å². The molecule has 0 saturated heterocycles. The molecular formula is C13H22N4O. The van der Waals surface area contributed by atoms with Crippen LogP contribution >= 0.6 is 0 Å². The molecule has 0 aromatic heterocycles. The Labute approximate surface area is 108 Å². The lowest BCUT2D eigenvalue weighted by Crippen LogP contribution is -2.43. The number of nitrogens with zero attached hydrogens (tertiary/aromatic N) is 1. The van der Waals surface area contributed by atoms with Gasteiger partial charge in [0.1, 0.15) is 6.54 Å². The average Bonchev–Trinajstić information content (AvgIpc) is 3.01. The number of guanidine groups is 1. The molecule has 0 heterocycles. The summed E-state index contributed by atoms with van der Waals surface area (Å²) in [6, 6.07) is 0.816. The molecular weight excluding hydrogens is 228 g/mol. The average molecular weight is 250 g/mol. The van der Waals surface area contributed by atoms with Crippen LogP contribution in [0.1, 0.15) is 32.6 Å². The molecule has 2 aliphatic rings. The van der Waals surface area contributed by atoms with Crippen LogP contribution in [0.5, 0.6) is 0 Å². The number of aliphatic imine (C=N–C) groups is 1. The Morgan fingerprint density at radius 2 is 1.94 bits per heavy atom. The summed E-state index contributed by atoms with van der Waals surface area (Å²) in [7, 11) is 0. The van der Waals surface area contributed by atoms with Gasteiger partial charge in [-0.1, -0.05) is 12.2 Å². The Morgan fingerprint density at radius 3 is 2.56 bits per heavy atom. The van der Waals surface area contributed by atoms with Gasteiger partial charge in [-0.3, -0.25) is 4.79 Å². The van der Waals surface area contributed by atoms with Crippen molar-refractivity contribution in [1.29, 1.82) is 0 Å². The number of hydrogen-bond acceptors (Lipinski definition) is 2. The van der Waals surface area contributed by atoms with Crippen LogP contribution in [0.4, 0.5) is 0 Å². The highest BCUT2D eigenvalue weighted by molar-refractivity contribution is 5.85. The number of hydrogen-bond donors (Lipinski definition) is 3. The fraction of sp³-hybridized carbons (Fsp3) is 0.692. The van der Waals surface area contributed by atoms with Gasteiger partial charge in [-0.05, 0) is 32.6 Å². The second kappa shape index (κ2) is 6.42. The molecule has 0 aliphatic heterocycles. The van der Waals surface area contributed by atoms with E-state index >= 15 is 0 Å². The van der Waals surface area contributed by atoms with Crippen LogP contribution in [0.25, 0.3) is 0 Å². The Balaban J connectivity index is 1.76. The molecule has 0 aromatic rings. The lowest BCUT2D eigenvalue weighted by molar-refractivity contribution is -0.119. The minimum atomic E-state index is 0.0132. The smallest absolute Gasteiger partial charge is 0.242 e. The first-order valence-electron chi connectivity index (χ1n) is 6.77. The maximum atomic E-state index is 11.6. The van der Waals surface area contributed by atoms with Gasteiger partial charge in [0.25, 0.3) is 0 Å². The molecule has 18 heavy (non-hydrogen) atoms. The normalized spacial score (nSPS) is 19.9. The molecule has 0 radical (unpaired) electrons. The van der Waals surface area contributed by atoms with Crippen molar-refractivity contribution in [3.63, 3.8) is 0 Å². The molecule has 1 fully saturated rings. The van der Waals surface area contributed by atoms with E-state index in [1.54, 1.807) is 0 Å². The van der Waals surface area contributed by atoms with Crippen molar-refractivity contribution in [2.24, 2.45) is 4.99 Å². The minimum Gasteiger partial charge on any atom is -0.357 e. The van der Waals surface area contributed by atoms with Crippen molar-refractivity contribution in [3.8, 4) is 0 Å². The zero-order valence-electron chi connectivity index (χ0n) is 10.9. The monoisotopic (exact) mass is 250 g/mol. The minimum absolute atomic E-state index is 0.0132. The first-order valence-corrected chi connectivity index (χ1v) is 6.77. The molecule has 0 aromatic carbocycles. The van der Waals surface area contributed by atoms with Crippen molar-refractivity contribution in [3.05, 3.63) is 12.2 Å². The first-order chi connectivity index (χ1) is 8.78. The molecule has 100 valence electrons. The van der Waals surface area contributed by atoms with Crippen LogP contribution in [0, 0.1) is 0 Å². The number of nitrogens with one attached hydrogen (secondary N) is 3. The number of amides is 1. The Morgan fingerprint density at radius 1 is 1.22 bits per heavy atom. The molecule has 0 spiro atoms. The standard InChI is InChI=1S/C13H22N4O/c1-2-14-13(17-10-5-3-4-6-10)15-9-12(18)16-11-7-8-11/h3-4,10-11H,2,5-9H2,1H3,(H,16,18)(H2,14,15,17). The molecule has 5 heteroatoms. The van der Waals surface area contributed by atoms with Crippen LogP contribution in [-0.4, -0.2) is 37.0 Å². The van der Waals surface area contributed by atoms with Gasteiger partial charge in [-0.2, -0.15) is 0 Å². The fourth-order valence-corrected chi connectivity index (χ4v) is 1.90. The second-order valence-electron chi connectivity index (χ2n) is 4.82. The summed E-state index contributed by atoms with van der Waals surface area (Å²) in [4.78, 5) is 15.9. The van der Waals surface area contributed by atoms with Crippen LogP contribution in [0.3, 0.4) is 0 Å². The van der Waals surface area contributed by atoms with E-state index < -0.39 is 0 Å². The number of carbonyl (C=O) groups excluding carboxylic acids is 1. The fourth-order valence-electron chi connectivity index (χ4n) is 1.90. The third kappa shape index (κ3) is 4.39. The van der Waals surface area contributed by atoms with Crippen molar-refractivity contribution in [1.82, 2.24) is 16.0 Å². The molecule has 0 unspecified atom stereocenters. The van der Waals surface area contributed by atoms with Gasteiger partial charge < -0.3 is 16.0 Å². The number of carbonyl (C=O) groups is 1. The third-order valence-electron chi connectivity index (χ3n) is 3.02. The van der Waals surface area contributed by atoms with Crippen molar-refractivity contribution in [2.45, 2.75) is 44.7 Å². The third-order valence-corrected chi connectivity index (χ3v) is 3.02. The Hall–Kier alpha value is -1.52. The van der Waals surface area contributed by atoms with Gasteiger partial charge in [-0.25, -0.2) is 4.99 Å². The summed E-state index contributed by atoms with van der Waals surface area (Å²) in [5.74, 6) is 0.747. The molecule has 2 aliphatic carbocycles. The molecule has 0 atom stereocenters. The predicted octanol–water partition coefficient (Wildman–Crippen LogP) is 0.539. The van der Waals surface area contributed by atoms with E-state index in [9.17, 15) is 4.79 Å². The number of rotatable bonds is 5. The summed E-state index contributed by atoms with van der Waals surface area (Å²) in [5.41, 5.74) is 0. The molecule has 1 saturated carbocycles. The van der Waals surface area contributed by atoms with Crippen LogP contribution < -0.4 is 16.0 Å².